The fourth-order valence-corrected chi connectivity index (χ4v) is 1.91. The van der Waals surface area contributed by atoms with Gasteiger partial charge < -0.3 is 20.1 Å². The van der Waals surface area contributed by atoms with Gasteiger partial charge in [0.1, 0.15) is 6.61 Å². The van der Waals surface area contributed by atoms with Gasteiger partial charge >= 0.3 is 12.0 Å². The molecule has 0 unspecified atom stereocenters. The molecule has 0 bridgehead atoms. The minimum absolute atomic E-state index is 0.00387. The molecular formula is C11H18N2O4. The van der Waals surface area contributed by atoms with Crippen molar-refractivity contribution in [3.63, 3.8) is 0 Å². The summed E-state index contributed by atoms with van der Waals surface area (Å²) in [6.07, 6.45) is 3.57. The maximum absolute atomic E-state index is 11.7. The summed E-state index contributed by atoms with van der Waals surface area (Å²) in [6, 6.07) is 0.382. The van der Waals surface area contributed by atoms with Crippen LogP contribution in [-0.2, 0) is 9.53 Å². The van der Waals surface area contributed by atoms with Gasteiger partial charge in [-0.05, 0) is 25.7 Å². The summed E-state index contributed by atoms with van der Waals surface area (Å²) in [4.78, 5) is 23.8. The lowest BCUT2D eigenvalue weighted by atomic mass is 10.1. The minimum atomic E-state index is -0.945. The van der Waals surface area contributed by atoms with Crippen molar-refractivity contribution in [1.82, 2.24) is 10.2 Å². The van der Waals surface area contributed by atoms with Crippen LogP contribution in [0.15, 0.2) is 0 Å². The van der Waals surface area contributed by atoms with E-state index in [9.17, 15) is 9.59 Å². The topological polar surface area (TPSA) is 78.9 Å². The summed E-state index contributed by atoms with van der Waals surface area (Å²) >= 11 is 0. The molecule has 2 N–H and O–H groups in total. The number of piperidine rings is 1. The molecule has 1 heterocycles. The number of carboxylic acid groups (broad SMARTS) is 1. The van der Waals surface area contributed by atoms with Crippen molar-refractivity contribution in [1.29, 1.82) is 0 Å². The van der Waals surface area contributed by atoms with Crippen LogP contribution in [0.25, 0.3) is 0 Å². The van der Waals surface area contributed by atoms with E-state index in [4.69, 9.17) is 9.84 Å². The molecule has 2 rings (SSSR count). The van der Waals surface area contributed by atoms with Gasteiger partial charge in [0.2, 0.25) is 0 Å². The zero-order valence-electron chi connectivity index (χ0n) is 9.72. The summed E-state index contributed by atoms with van der Waals surface area (Å²) in [5.41, 5.74) is 0. The van der Waals surface area contributed by atoms with Gasteiger partial charge in [0.25, 0.3) is 0 Å². The number of aliphatic carboxylic acids is 1. The van der Waals surface area contributed by atoms with E-state index in [1.54, 1.807) is 4.90 Å². The summed E-state index contributed by atoms with van der Waals surface area (Å²) in [5.74, 6) is -0.945. The summed E-state index contributed by atoms with van der Waals surface area (Å²) < 4.78 is 5.21. The molecule has 2 aliphatic rings. The lowest BCUT2D eigenvalue weighted by Gasteiger charge is -2.31. The number of likely N-dealkylation sites (tertiary alicyclic amines) is 1. The van der Waals surface area contributed by atoms with Crippen LogP contribution >= 0.6 is 0 Å². The van der Waals surface area contributed by atoms with Crippen LogP contribution < -0.4 is 5.32 Å². The van der Waals surface area contributed by atoms with Gasteiger partial charge in [-0.15, -0.1) is 0 Å². The van der Waals surface area contributed by atoms with E-state index in [-0.39, 0.29) is 18.7 Å². The number of carbonyl (C=O) groups is 2. The maximum atomic E-state index is 11.7. The summed E-state index contributed by atoms with van der Waals surface area (Å²) in [6.45, 7) is 1.03. The number of ether oxygens (including phenoxy) is 1. The predicted octanol–water partition coefficient (Wildman–Crippen LogP) is 0.424. The van der Waals surface area contributed by atoms with Crippen LogP contribution in [-0.4, -0.2) is 53.8 Å². The Labute approximate surface area is 99.9 Å². The molecular weight excluding hydrogens is 224 g/mol. The van der Waals surface area contributed by atoms with E-state index < -0.39 is 5.97 Å². The standard InChI is InChI=1S/C11H18N2O4/c14-10(15)7-17-9-3-5-13(6-4-9)11(16)12-8-1-2-8/h8-9H,1-7H2,(H,12,16)(H,14,15). The third-order valence-corrected chi connectivity index (χ3v) is 3.08. The summed E-state index contributed by atoms with van der Waals surface area (Å²) in [7, 11) is 0. The first-order valence-electron chi connectivity index (χ1n) is 6.04. The van der Waals surface area contributed by atoms with Crippen molar-refractivity contribution < 1.29 is 19.4 Å². The Morgan fingerprint density at radius 3 is 2.41 bits per heavy atom. The largest absolute Gasteiger partial charge is 0.480 e. The van der Waals surface area contributed by atoms with E-state index in [1.807, 2.05) is 0 Å². The highest BCUT2D eigenvalue weighted by atomic mass is 16.5. The Balaban J connectivity index is 1.66. The molecule has 6 heteroatoms. The Hall–Kier alpha value is -1.30. The first-order chi connectivity index (χ1) is 8.15. The first kappa shape index (κ1) is 12.2. The van der Waals surface area contributed by atoms with Crippen LogP contribution in [0.4, 0.5) is 4.79 Å². The molecule has 0 aromatic heterocycles. The SMILES string of the molecule is O=C(O)COC1CCN(C(=O)NC2CC2)CC1. The van der Waals surface area contributed by atoms with E-state index in [0.29, 0.717) is 32.0 Å². The molecule has 0 atom stereocenters. The molecule has 17 heavy (non-hydrogen) atoms. The van der Waals surface area contributed by atoms with Gasteiger partial charge in [-0.2, -0.15) is 0 Å². The number of urea groups is 1. The molecule has 0 aromatic carbocycles. The molecule has 96 valence electrons. The second kappa shape index (κ2) is 5.35. The van der Waals surface area contributed by atoms with Crippen molar-refractivity contribution in [2.24, 2.45) is 0 Å². The van der Waals surface area contributed by atoms with E-state index in [1.165, 1.54) is 0 Å². The third-order valence-electron chi connectivity index (χ3n) is 3.08. The highest BCUT2D eigenvalue weighted by Crippen LogP contribution is 2.20. The van der Waals surface area contributed by atoms with Crippen LogP contribution in [0.5, 0.6) is 0 Å². The molecule has 1 saturated carbocycles. The van der Waals surface area contributed by atoms with Gasteiger partial charge in [-0.1, -0.05) is 0 Å². The van der Waals surface area contributed by atoms with Gasteiger partial charge in [0.15, 0.2) is 0 Å². The first-order valence-corrected chi connectivity index (χ1v) is 6.04. The lowest BCUT2D eigenvalue weighted by molar-refractivity contribution is -0.145. The number of rotatable bonds is 4. The monoisotopic (exact) mass is 242 g/mol. The van der Waals surface area contributed by atoms with Crippen LogP contribution in [0, 0.1) is 0 Å². The predicted molar refractivity (Wildman–Crippen MR) is 59.7 cm³/mol. The van der Waals surface area contributed by atoms with Crippen molar-refractivity contribution in [2.45, 2.75) is 37.8 Å². The molecule has 1 saturated heterocycles. The highest BCUT2D eigenvalue weighted by molar-refractivity contribution is 5.75. The van der Waals surface area contributed by atoms with Crippen molar-refractivity contribution in [2.75, 3.05) is 19.7 Å². The maximum Gasteiger partial charge on any atom is 0.329 e. The second-order valence-corrected chi connectivity index (χ2v) is 4.61. The average Bonchev–Trinajstić information content (AvgIpc) is 3.11. The van der Waals surface area contributed by atoms with Crippen LogP contribution in [0.3, 0.4) is 0 Å². The molecule has 1 aliphatic heterocycles. The number of hydrogen-bond donors (Lipinski definition) is 2. The van der Waals surface area contributed by atoms with Crippen molar-refractivity contribution in [3.05, 3.63) is 0 Å². The molecule has 6 nitrogen and oxygen atoms in total. The third kappa shape index (κ3) is 3.89. The molecule has 0 spiro atoms. The Bertz CT molecular complexity index is 296. The van der Waals surface area contributed by atoms with Crippen molar-refractivity contribution >= 4 is 12.0 Å². The van der Waals surface area contributed by atoms with E-state index in [2.05, 4.69) is 5.32 Å². The smallest absolute Gasteiger partial charge is 0.329 e. The van der Waals surface area contributed by atoms with Gasteiger partial charge in [0, 0.05) is 19.1 Å². The summed E-state index contributed by atoms with van der Waals surface area (Å²) in [5, 5.41) is 11.4. The zero-order valence-corrected chi connectivity index (χ0v) is 9.72. The molecule has 2 fully saturated rings. The zero-order chi connectivity index (χ0) is 12.3. The molecule has 1 aliphatic carbocycles. The number of hydrogen-bond acceptors (Lipinski definition) is 3. The van der Waals surface area contributed by atoms with Crippen molar-refractivity contribution in [3.8, 4) is 0 Å². The Morgan fingerprint density at radius 1 is 1.24 bits per heavy atom. The highest BCUT2D eigenvalue weighted by Gasteiger charge is 2.28. The second-order valence-electron chi connectivity index (χ2n) is 4.61. The van der Waals surface area contributed by atoms with Gasteiger partial charge in [-0.3, -0.25) is 0 Å². The van der Waals surface area contributed by atoms with Crippen LogP contribution in [0.2, 0.25) is 0 Å². The molecule has 0 radical (unpaired) electrons. The Kier molecular flexibility index (Phi) is 3.83. The number of nitrogens with zero attached hydrogens (tertiary/aromatic N) is 1. The van der Waals surface area contributed by atoms with E-state index >= 15 is 0 Å². The number of carbonyl (C=O) groups excluding carboxylic acids is 1. The fourth-order valence-electron chi connectivity index (χ4n) is 1.91. The number of amides is 2. The normalized spacial score (nSPS) is 21.3. The minimum Gasteiger partial charge on any atom is -0.480 e. The Morgan fingerprint density at radius 2 is 1.88 bits per heavy atom. The number of nitrogens with one attached hydrogen (secondary N) is 1. The average molecular weight is 242 g/mol. The van der Waals surface area contributed by atoms with Gasteiger partial charge in [-0.25, -0.2) is 9.59 Å². The van der Waals surface area contributed by atoms with Gasteiger partial charge in [0.05, 0.1) is 6.10 Å². The van der Waals surface area contributed by atoms with E-state index in [0.717, 1.165) is 12.8 Å². The molecule has 2 amide bonds. The van der Waals surface area contributed by atoms with Crippen LogP contribution in [0.1, 0.15) is 25.7 Å². The molecule has 0 aromatic rings. The fraction of sp³-hybridized carbons (Fsp3) is 0.818. The lowest BCUT2D eigenvalue weighted by Crippen LogP contribution is -2.46. The number of carboxylic acids is 1. The quantitative estimate of drug-likeness (QED) is 0.749.